The number of rotatable bonds is 3. The minimum absolute atomic E-state index is 0.0987. The number of carbonyl (C=O) groups excluding carboxylic acids is 1. The van der Waals surface area contributed by atoms with E-state index in [-0.39, 0.29) is 18.3 Å². The summed E-state index contributed by atoms with van der Waals surface area (Å²) in [5.74, 6) is 6.00. The fraction of sp³-hybridized carbons (Fsp3) is 0.227. The highest BCUT2D eigenvalue weighted by molar-refractivity contribution is 7.17. The third-order valence-electron chi connectivity index (χ3n) is 5.08. The molecule has 8 heteroatoms. The summed E-state index contributed by atoms with van der Waals surface area (Å²) in [4.78, 5) is 22.8. The molecule has 152 valence electrons. The van der Waals surface area contributed by atoms with Crippen molar-refractivity contribution < 1.29 is 4.79 Å². The summed E-state index contributed by atoms with van der Waals surface area (Å²) >= 11 is 8.09. The molecule has 0 unspecified atom stereocenters. The van der Waals surface area contributed by atoms with E-state index in [2.05, 4.69) is 27.1 Å². The number of pyridine rings is 1. The lowest BCUT2D eigenvalue weighted by Gasteiger charge is -2.34. The molecule has 6 nitrogen and oxygen atoms in total. The number of nitrogens with one attached hydrogen (secondary N) is 1. The fourth-order valence-electron chi connectivity index (χ4n) is 3.45. The van der Waals surface area contributed by atoms with Crippen LogP contribution < -0.4 is 11.1 Å². The van der Waals surface area contributed by atoms with Crippen LogP contribution in [0.5, 0.6) is 0 Å². The molecule has 1 atom stereocenters. The summed E-state index contributed by atoms with van der Waals surface area (Å²) in [7, 11) is 1.62. The third-order valence-corrected chi connectivity index (χ3v) is 6.33. The van der Waals surface area contributed by atoms with Crippen LogP contribution in [-0.2, 0) is 10.3 Å². The van der Waals surface area contributed by atoms with Crippen LogP contribution in [0.25, 0.3) is 10.2 Å². The summed E-state index contributed by atoms with van der Waals surface area (Å²) in [6, 6.07) is 7.64. The number of benzene rings is 1. The van der Waals surface area contributed by atoms with Gasteiger partial charge in [0.25, 0.3) is 0 Å². The number of aliphatic imine (C=N–C) groups is 1. The van der Waals surface area contributed by atoms with E-state index in [1.54, 1.807) is 37.6 Å². The minimum atomic E-state index is -0.828. The van der Waals surface area contributed by atoms with Crippen LogP contribution in [0.4, 0.5) is 11.4 Å². The van der Waals surface area contributed by atoms with Gasteiger partial charge in [-0.2, -0.15) is 0 Å². The van der Waals surface area contributed by atoms with E-state index in [4.69, 9.17) is 17.3 Å². The van der Waals surface area contributed by atoms with E-state index < -0.39 is 5.54 Å². The van der Waals surface area contributed by atoms with Gasteiger partial charge in [0, 0.05) is 40.5 Å². The maximum absolute atomic E-state index is 12.4. The Balaban J connectivity index is 1.70. The average molecular weight is 438 g/mol. The lowest BCUT2D eigenvalue weighted by atomic mass is 9.87. The highest BCUT2D eigenvalue weighted by Crippen LogP contribution is 2.39. The number of guanidine groups is 1. The Morgan fingerprint density at radius 1 is 1.37 bits per heavy atom. The van der Waals surface area contributed by atoms with Gasteiger partial charge in [0.2, 0.25) is 5.91 Å². The zero-order chi connectivity index (χ0) is 21.5. The normalized spacial score (nSPS) is 18.7. The lowest BCUT2D eigenvalue weighted by Crippen LogP contribution is -2.47. The van der Waals surface area contributed by atoms with Crippen LogP contribution in [0.3, 0.4) is 0 Å². The summed E-state index contributed by atoms with van der Waals surface area (Å²) in [5.41, 5.74) is 9.36. The molecular weight excluding hydrogens is 418 g/mol. The van der Waals surface area contributed by atoms with Gasteiger partial charge in [-0.1, -0.05) is 17.5 Å². The second-order valence-corrected chi connectivity index (χ2v) is 8.61. The number of halogens is 1. The van der Waals surface area contributed by atoms with E-state index in [1.807, 2.05) is 30.5 Å². The van der Waals surface area contributed by atoms with Gasteiger partial charge in [-0.15, -0.1) is 17.3 Å². The molecule has 3 N–H and O–H groups in total. The van der Waals surface area contributed by atoms with Gasteiger partial charge in [0.1, 0.15) is 5.52 Å². The molecule has 1 aromatic carbocycles. The van der Waals surface area contributed by atoms with Crippen molar-refractivity contribution in [2.24, 2.45) is 10.7 Å². The Morgan fingerprint density at radius 3 is 2.90 bits per heavy atom. The fourth-order valence-corrected chi connectivity index (χ4v) is 4.66. The Morgan fingerprint density at radius 2 is 2.17 bits per heavy atom. The van der Waals surface area contributed by atoms with Gasteiger partial charge in [-0.05, 0) is 38.1 Å². The molecule has 0 spiro atoms. The minimum Gasteiger partial charge on any atom is -0.369 e. The first-order chi connectivity index (χ1) is 14.3. The van der Waals surface area contributed by atoms with Crippen LogP contribution in [0.15, 0.2) is 40.8 Å². The van der Waals surface area contributed by atoms with Crippen molar-refractivity contribution in [2.75, 3.05) is 12.4 Å². The number of fused-ring (bicyclic) bond motifs is 1. The number of nitrogens with zero attached hydrogens (tertiary/aromatic N) is 3. The molecule has 0 saturated carbocycles. The first kappa shape index (κ1) is 20.2. The van der Waals surface area contributed by atoms with E-state index in [0.29, 0.717) is 5.02 Å². The average Bonchev–Trinajstić information content (AvgIpc) is 3.10. The van der Waals surface area contributed by atoms with Crippen molar-refractivity contribution in [3.05, 3.63) is 52.0 Å². The molecule has 1 amide bonds. The maximum atomic E-state index is 12.4. The van der Waals surface area contributed by atoms with Gasteiger partial charge < -0.3 is 11.1 Å². The molecule has 0 radical (unpaired) electrons. The first-order valence-corrected chi connectivity index (χ1v) is 10.6. The smallest absolute Gasteiger partial charge is 0.231 e. The molecule has 0 aliphatic carbocycles. The molecule has 3 aromatic rings. The maximum Gasteiger partial charge on any atom is 0.231 e. The Bertz CT molecular complexity index is 1260. The molecule has 0 fully saturated rings. The van der Waals surface area contributed by atoms with Gasteiger partial charge in [0.05, 0.1) is 22.3 Å². The third kappa shape index (κ3) is 3.60. The number of aromatic nitrogens is 1. The summed E-state index contributed by atoms with van der Waals surface area (Å²) in [5, 5.41) is 5.97. The topological polar surface area (TPSA) is 83.6 Å². The number of hydrogen-bond donors (Lipinski definition) is 2. The molecule has 3 heterocycles. The number of hydrogen-bond acceptors (Lipinski definition) is 6. The standard InChI is InChI=1S/C22H20ClN5OS/c1-4-5-13-8-18-20(25-11-13)17(12-30-18)26-14-6-7-16(23)15(9-14)22(2)10-19(29)28(3)21(24)27-22/h6-9,11-12,26H,10H2,1-3H3,(H2,24,27)/t22-/m0/s1. The summed E-state index contributed by atoms with van der Waals surface area (Å²) < 4.78 is 1.05. The van der Waals surface area contributed by atoms with Crippen molar-refractivity contribution in [3.8, 4) is 11.8 Å². The zero-order valence-electron chi connectivity index (χ0n) is 16.8. The molecule has 1 aliphatic heterocycles. The number of anilines is 2. The van der Waals surface area contributed by atoms with Crippen LogP contribution in [0.2, 0.25) is 5.02 Å². The van der Waals surface area contributed by atoms with Crippen molar-refractivity contribution in [1.82, 2.24) is 9.88 Å². The zero-order valence-corrected chi connectivity index (χ0v) is 18.4. The van der Waals surface area contributed by atoms with Gasteiger partial charge in [0.15, 0.2) is 5.96 Å². The highest BCUT2D eigenvalue weighted by atomic mass is 35.5. The van der Waals surface area contributed by atoms with Crippen LogP contribution in [0.1, 0.15) is 31.4 Å². The molecule has 1 aliphatic rings. The lowest BCUT2D eigenvalue weighted by molar-refractivity contribution is -0.128. The van der Waals surface area contributed by atoms with Crippen molar-refractivity contribution in [1.29, 1.82) is 0 Å². The molecular formula is C22H20ClN5OS. The van der Waals surface area contributed by atoms with E-state index >= 15 is 0 Å². The van der Waals surface area contributed by atoms with Crippen LogP contribution in [-0.4, -0.2) is 28.8 Å². The van der Waals surface area contributed by atoms with Gasteiger partial charge >= 0.3 is 0 Å². The number of thiophene rings is 1. The Labute approximate surface area is 183 Å². The van der Waals surface area contributed by atoms with Gasteiger partial charge in [-0.25, -0.2) is 4.99 Å². The van der Waals surface area contributed by atoms with Gasteiger partial charge in [-0.3, -0.25) is 14.7 Å². The molecule has 4 rings (SSSR count). The predicted molar refractivity (Wildman–Crippen MR) is 123 cm³/mol. The largest absolute Gasteiger partial charge is 0.369 e. The summed E-state index contributed by atoms with van der Waals surface area (Å²) in [6.07, 6.45) is 1.96. The number of nitrogens with two attached hydrogens (primary N) is 1. The molecule has 30 heavy (non-hydrogen) atoms. The monoisotopic (exact) mass is 437 g/mol. The second kappa shape index (κ2) is 7.63. The Kier molecular flexibility index (Phi) is 5.14. The number of carbonyl (C=O) groups is 1. The quantitative estimate of drug-likeness (QED) is 0.592. The second-order valence-electron chi connectivity index (χ2n) is 7.29. The van der Waals surface area contributed by atoms with E-state index in [9.17, 15) is 4.79 Å². The first-order valence-electron chi connectivity index (χ1n) is 9.29. The van der Waals surface area contributed by atoms with Crippen LogP contribution in [0, 0.1) is 11.8 Å². The molecule has 0 bridgehead atoms. The highest BCUT2D eigenvalue weighted by Gasteiger charge is 2.37. The SMILES string of the molecule is CC#Cc1cnc2c(Nc3ccc(Cl)c([C@]4(C)CC(=O)N(C)C(N)=N4)c3)csc2c1. The summed E-state index contributed by atoms with van der Waals surface area (Å²) in [6.45, 7) is 3.67. The Hall–Kier alpha value is -3.08. The molecule has 0 saturated heterocycles. The van der Waals surface area contributed by atoms with Crippen molar-refractivity contribution in [2.45, 2.75) is 25.8 Å². The number of amides is 1. The van der Waals surface area contributed by atoms with Crippen molar-refractivity contribution >= 4 is 56.4 Å². The molecule has 2 aromatic heterocycles. The van der Waals surface area contributed by atoms with E-state index in [1.165, 1.54) is 4.90 Å². The predicted octanol–water partition coefficient (Wildman–Crippen LogP) is 4.46. The van der Waals surface area contributed by atoms with E-state index in [0.717, 1.165) is 32.7 Å². The van der Waals surface area contributed by atoms with Crippen LogP contribution >= 0.6 is 22.9 Å². The van der Waals surface area contributed by atoms with Crippen molar-refractivity contribution in [3.63, 3.8) is 0 Å².